The van der Waals surface area contributed by atoms with Gasteiger partial charge in [0.25, 0.3) is 5.91 Å². The zero-order valence-electron chi connectivity index (χ0n) is 13.8. The highest BCUT2D eigenvalue weighted by molar-refractivity contribution is 9.10. The van der Waals surface area contributed by atoms with Gasteiger partial charge in [0.2, 0.25) is 0 Å². The Morgan fingerprint density at radius 1 is 1.16 bits per heavy atom. The standard InChI is InChI=1S/C19H17BrFNO3/c1-12-7-13(2)9-16(8-12)22-18(23)11-25-19(24)6-3-14-10-15(20)4-5-17(14)21/h3-10H,11H2,1-2H3,(H,22,23)/b6-3+. The molecule has 6 heteroatoms. The summed E-state index contributed by atoms with van der Waals surface area (Å²) >= 11 is 3.23. The van der Waals surface area contributed by atoms with Gasteiger partial charge in [-0.25, -0.2) is 9.18 Å². The van der Waals surface area contributed by atoms with Crippen molar-refractivity contribution >= 4 is 39.6 Å². The minimum Gasteiger partial charge on any atom is -0.452 e. The largest absolute Gasteiger partial charge is 0.452 e. The molecule has 0 fully saturated rings. The highest BCUT2D eigenvalue weighted by Crippen LogP contribution is 2.17. The van der Waals surface area contributed by atoms with E-state index in [4.69, 9.17) is 4.74 Å². The Kier molecular flexibility index (Phi) is 6.47. The SMILES string of the molecule is Cc1cc(C)cc(NC(=O)COC(=O)/C=C/c2cc(Br)ccc2F)c1. The fraction of sp³-hybridized carbons (Fsp3) is 0.158. The Morgan fingerprint density at radius 2 is 1.84 bits per heavy atom. The number of nitrogens with one attached hydrogen (secondary N) is 1. The van der Waals surface area contributed by atoms with Gasteiger partial charge in [-0.3, -0.25) is 4.79 Å². The topological polar surface area (TPSA) is 55.4 Å². The molecule has 0 aliphatic heterocycles. The summed E-state index contributed by atoms with van der Waals surface area (Å²) in [7, 11) is 0. The molecular formula is C19H17BrFNO3. The summed E-state index contributed by atoms with van der Waals surface area (Å²) in [6.07, 6.45) is 2.37. The van der Waals surface area contributed by atoms with E-state index in [1.165, 1.54) is 18.2 Å². The zero-order valence-corrected chi connectivity index (χ0v) is 15.4. The predicted octanol–water partition coefficient (Wildman–Crippen LogP) is 4.40. The number of carbonyl (C=O) groups is 2. The average molecular weight is 406 g/mol. The highest BCUT2D eigenvalue weighted by Gasteiger charge is 2.07. The Balaban J connectivity index is 1.87. The zero-order chi connectivity index (χ0) is 18.4. The molecule has 0 radical (unpaired) electrons. The van der Waals surface area contributed by atoms with Crippen LogP contribution in [0.15, 0.2) is 46.9 Å². The maximum absolute atomic E-state index is 13.6. The van der Waals surface area contributed by atoms with E-state index in [2.05, 4.69) is 21.2 Å². The molecule has 0 unspecified atom stereocenters. The van der Waals surface area contributed by atoms with Gasteiger partial charge in [0.15, 0.2) is 6.61 Å². The van der Waals surface area contributed by atoms with Crippen LogP contribution in [0.1, 0.15) is 16.7 Å². The van der Waals surface area contributed by atoms with Gasteiger partial charge in [-0.2, -0.15) is 0 Å². The number of amides is 1. The summed E-state index contributed by atoms with van der Waals surface area (Å²) in [5, 5.41) is 2.66. The molecule has 0 spiro atoms. The number of hydrogen-bond acceptors (Lipinski definition) is 3. The van der Waals surface area contributed by atoms with E-state index in [1.807, 2.05) is 32.0 Å². The van der Waals surface area contributed by atoms with Crippen molar-refractivity contribution in [2.45, 2.75) is 13.8 Å². The number of halogens is 2. The van der Waals surface area contributed by atoms with E-state index < -0.39 is 24.3 Å². The van der Waals surface area contributed by atoms with Crippen molar-refractivity contribution < 1.29 is 18.7 Å². The fourth-order valence-electron chi connectivity index (χ4n) is 2.23. The summed E-state index contributed by atoms with van der Waals surface area (Å²) < 4.78 is 19.1. The van der Waals surface area contributed by atoms with Crippen molar-refractivity contribution in [3.05, 3.63) is 69.5 Å². The molecule has 4 nitrogen and oxygen atoms in total. The number of aryl methyl sites for hydroxylation is 2. The third kappa shape index (κ3) is 6.15. The maximum Gasteiger partial charge on any atom is 0.331 e. The van der Waals surface area contributed by atoms with Gasteiger partial charge in [-0.15, -0.1) is 0 Å². The minimum absolute atomic E-state index is 0.242. The van der Waals surface area contributed by atoms with Crippen LogP contribution in [0.2, 0.25) is 0 Å². The van der Waals surface area contributed by atoms with Crippen LogP contribution >= 0.6 is 15.9 Å². The van der Waals surface area contributed by atoms with Crippen molar-refractivity contribution in [1.82, 2.24) is 0 Å². The quantitative estimate of drug-likeness (QED) is 0.592. The third-order valence-corrected chi connectivity index (χ3v) is 3.70. The summed E-state index contributed by atoms with van der Waals surface area (Å²) in [6, 6.07) is 10.0. The van der Waals surface area contributed by atoms with Gasteiger partial charge in [0, 0.05) is 21.8 Å². The first-order valence-corrected chi connectivity index (χ1v) is 8.31. The molecule has 0 saturated carbocycles. The van der Waals surface area contributed by atoms with Crippen molar-refractivity contribution in [1.29, 1.82) is 0 Å². The molecule has 130 valence electrons. The van der Waals surface area contributed by atoms with Crippen molar-refractivity contribution in [2.24, 2.45) is 0 Å². The first-order chi connectivity index (χ1) is 11.8. The van der Waals surface area contributed by atoms with Crippen LogP contribution in [0.3, 0.4) is 0 Å². The maximum atomic E-state index is 13.6. The van der Waals surface area contributed by atoms with Crippen LogP contribution in [0, 0.1) is 19.7 Å². The van der Waals surface area contributed by atoms with E-state index in [1.54, 1.807) is 6.07 Å². The molecule has 0 aliphatic carbocycles. The molecule has 0 heterocycles. The molecule has 25 heavy (non-hydrogen) atoms. The number of hydrogen-bond donors (Lipinski definition) is 1. The minimum atomic E-state index is -0.727. The molecule has 0 atom stereocenters. The van der Waals surface area contributed by atoms with Crippen LogP contribution in [0.5, 0.6) is 0 Å². The molecule has 0 aliphatic rings. The fourth-order valence-corrected chi connectivity index (χ4v) is 2.61. The van der Waals surface area contributed by atoms with Crippen LogP contribution in [0.4, 0.5) is 10.1 Å². The number of anilines is 1. The molecule has 0 bridgehead atoms. The Morgan fingerprint density at radius 3 is 2.52 bits per heavy atom. The number of carbonyl (C=O) groups excluding carboxylic acids is 2. The smallest absolute Gasteiger partial charge is 0.331 e. The lowest BCUT2D eigenvalue weighted by Crippen LogP contribution is -2.20. The normalized spacial score (nSPS) is 10.7. The van der Waals surface area contributed by atoms with Gasteiger partial charge >= 0.3 is 5.97 Å². The lowest BCUT2D eigenvalue weighted by molar-refractivity contribution is -0.142. The van der Waals surface area contributed by atoms with Gasteiger partial charge in [0.05, 0.1) is 0 Å². The summed E-state index contributed by atoms with van der Waals surface area (Å²) in [5.74, 6) is -1.63. The first-order valence-electron chi connectivity index (χ1n) is 7.51. The molecule has 1 N–H and O–H groups in total. The van der Waals surface area contributed by atoms with Crippen molar-refractivity contribution in [3.63, 3.8) is 0 Å². The van der Waals surface area contributed by atoms with Crippen molar-refractivity contribution in [3.8, 4) is 0 Å². The lowest BCUT2D eigenvalue weighted by atomic mass is 10.1. The van der Waals surface area contributed by atoms with Crippen LogP contribution in [-0.4, -0.2) is 18.5 Å². The third-order valence-electron chi connectivity index (χ3n) is 3.21. The van der Waals surface area contributed by atoms with E-state index in [0.29, 0.717) is 10.2 Å². The Labute approximate surface area is 153 Å². The summed E-state index contributed by atoms with van der Waals surface area (Å²) in [6.45, 7) is 3.43. The Hall–Kier alpha value is -2.47. The van der Waals surface area contributed by atoms with Gasteiger partial charge in [-0.1, -0.05) is 22.0 Å². The molecular weight excluding hydrogens is 389 g/mol. The van der Waals surface area contributed by atoms with E-state index >= 15 is 0 Å². The molecule has 1 amide bonds. The highest BCUT2D eigenvalue weighted by atomic mass is 79.9. The Bertz CT molecular complexity index is 813. The van der Waals surface area contributed by atoms with Gasteiger partial charge in [0.1, 0.15) is 5.82 Å². The molecule has 0 saturated heterocycles. The molecule has 2 aromatic rings. The van der Waals surface area contributed by atoms with Gasteiger partial charge in [-0.05, 0) is 61.4 Å². The van der Waals surface area contributed by atoms with Crippen LogP contribution < -0.4 is 5.32 Å². The van der Waals surface area contributed by atoms with E-state index in [9.17, 15) is 14.0 Å². The van der Waals surface area contributed by atoms with Crippen LogP contribution in [-0.2, 0) is 14.3 Å². The number of ether oxygens (including phenoxy) is 1. The number of benzene rings is 2. The van der Waals surface area contributed by atoms with Gasteiger partial charge < -0.3 is 10.1 Å². The molecule has 0 aromatic heterocycles. The molecule has 2 rings (SSSR count). The lowest BCUT2D eigenvalue weighted by Gasteiger charge is -2.07. The average Bonchev–Trinajstić information content (AvgIpc) is 2.52. The summed E-state index contributed by atoms with van der Waals surface area (Å²) in [5.41, 5.74) is 2.92. The second kappa shape index (κ2) is 8.58. The predicted molar refractivity (Wildman–Crippen MR) is 98.6 cm³/mol. The summed E-state index contributed by atoms with van der Waals surface area (Å²) in [4.78, 5) is 23.5. The van der Waals surface area contributed by atoms with Crippen molar-refractivity contribution in [2.75, 3.05) is 11.9 Å². The van der Waals surface area contributed by atoms with E-state index in [0.717, 1.165) is 17.2 Å². The first kappa shape index (κ1) is 18.9. The van der Waals surface area contributed by atoms with E-state index in [-0.39, 0.29) is 5.56 Å². The number of esters is 1. The monoisotopic (exact) mass is 405 g/mol. The second-order valence-corrected chi connectivity index (χ2v) is 6.45. The molecule has 2 aromatic carbocycles. The van der Waals surface area contributed by atoms with Crippen LogP contribution in [0.25, 0.3) is 6.08 Å². The second-order valence-electron chi connectivity index (χ2n) is 5.53. The number of rotatable bonds is 5.